The molecule has 7 nitrogen and oxygen atoms in total. The van der Waals surface area contributed by atoms with Gasteiger partial charge in [-0.05, 0) is 0 Å². The molecule has 3 rings (SSSR count). The predicted octanol–water partition coefficient (Wildman–Crippen LogP) is 0.246. The third-order valence-corrected chi connectivity index (χ3v) is 4.92. The number of aliphatic hydroxyl groups excluding tert-OH is 1. The minimum Gasteiger partial charge on any atom is -0.390 e. The van der Waals surface area contributed by atoms with Crippen LogP contribution < -0.4 is 0 Å². The van der Waals surface area contributed by atoms with Crippen molar-refractivity contribution in [3.8, 4) is 12.3 Å². The fourth-order valence-corrected chi connectivity index (χ4v) is 3.37. The molecule has 0 unspecified atom stereocenters. The maximum Gasteiger partial charge on any atom is 0.222 e. The van der Waals surface area contributed by atoms with Gasteiger partial charge in [-0.3, -0.25) is 9.69 Å². The highest BCUT2D eigenvalue weighted by molar-refractivity contribution is 5.76. The van der Waals surface area contributed by atoms with Crippen molar-refractivity contribution in [1.82, 2.24) is 9.80 Å². The monoisotopic (exact) mass is 320 g/mol. The number of nitrogens with zero attached hydrogens (tertiary/aromatic N) is 4. The Hall–Kier alpha value is -1.49. The molecule has 3 heterocycles. The van der Waals surface area contributed by atoms with E-state index in [0.29, 0.717) is 45.6 Å². The Bertz CT molecular complexity index is 504. The molecule has 1 amide bonds. The van der Waals surface area contributed by atoms with Gasteiger partial charge in [0.15, 0.2) is 5.66 Å². The van der Waals surface area contributed by atoms with E-state index in [1.54, 1.807) is 4.90 Å². The van der Waals surface area contributed by atoms with Gasteiger partial charge in [0.25, 0.3) is 0 Å². The van der Waals surface area contributed by atoms with Crippen molar-refractivity contribution in [1.29, 1.82) is 0 Å². The summed E-state index contributed by atoms with van der Waals surface area (Å²) in [5.41, 5.74) is -0.413. The van der Waals surface area contributed by atoms with Crippen LogP contribution in [-0.2, 0) is 9.53 Å². The van der Waals surface area contributed by atoms with Gasteiger partial charge in [0.2, 0.25) is 5.91 Å². The number of carbonyl (C=O) groups is 1. The fourth-order valence-electron chi connectivity index (χ4n) is 3.37. The molecule has 0 spiro atoms. The Balaban J connectivity index is 1.46. The zero-order chi connectivity index (χ0) is 16.3. The van der Waals surface area contributed by atoms with Crippen LogP contribution in [0.2, 0.25) is 0 Å². The molecule has 2 saturated heterocycles. The predicted molar refractivity (Wildman–Crippen MR) is 83.7 cm³/mol. The molecule has 126 valence electrons. The number of carbonyl (C=O) groups excluding carboxylic acids is 1. The lowest BCUT2D eigenvalue weighted by Crippen LogP contribution is -2.49. The molecular formula is C16H24N4O3. The molecule has 7 heteroatoms. The van der Waals surface area contributed by atoms with Gasteiger partial charge in [0.1, 0.15) is 0 Å². The van der Waals surface area contributed by atoms with E-state index in [9.17, 15) is 9.90 Å². The zero-order valence-corrected chi connectivity index (χ0v) is 13.4. The number of β-amino-alcohol motifs (C(OH)–C–C–N with tert-alkyl or cyclic N) is 1. The maximum atomic E-state index is 12.4. The van der Waals surface area contributed by atoms with E-state index in [4.69, 9.17) is 11.2 Å². The number of hydrogen-bond donors (Lipinski definition) is 1. The van der Waals surface area contributed by atoms with Crippen molar-refractivity contribution < 1.29 is 14.6 Å². The quantitative estimate of drug-likeness (QED) is 0.712. The van der Waals surface area contributed by atoms with Crippen molar-refractivity contribution >= 4 is 5.91 Å². The van der Waals surface area contributed by atoms with Crippen molar-refractivity contribution in [3.63, 3.8) is 0 Å². The first-order chi connectivity index (χ1) is 11.1. The number of likely N-dealkylation sites (tertiary alicyclic amines) is 1. The van der Waals surface area contributed by atoms with Gasteiger partial charge >= 0.3 is 0 Å². The van der Waals surface area contributed by atoms with Gasteiger partial charge in [-0.2, -0.15) is 10.2 Å². The van der Waals surface area contributed by atoms with Crippen molar-refractivity contribution in [2.45, 2.75) is 43.5 Å². The minimum absolute atomic E-state index is 0.0218. The van der Waals surface area contributed by atoms with Crippen LogP contribution in [0.4, 0.5) is 0 Å². The van der Waals surface area contributed by atoms with Crippen LogP contribution in [0.1, 0.15) is 25.7 Å². The van der Waals surface area contributed by atoms with E-state index >= 15 is 0 Å². The van der Waals surface area contributed by atoms with Gasteiger partial charge in [0, 0.05) is 51.9 Å². The van der Waals surface area contributed by atoms with Gasteiger partial charge in [0.05, 0.1) is 25.4 Å². The molecule has 3 aliphatic rings. The molecule has 0 aromatic rings. The molecule has 3 aliphatic heterocycles. The number of amides is 1. The van der Waals surface area contributed by atoms with E-state index in [1.165, 1.54) is 0 Å². The van der Waals surface area contributed by atoms with Crippen LogP contribution in [0, 0.1) is 12.3 Å². The maximum absolute atomic E-state index is 12.4. The Morgan fingerprint density at radius 3 is 2.70 bits per heavy atom. The van der Waals surface area contributed by atoms with E-state index in [2.05, 4.69) is 21.0 Å². The van der Waals surface area contributed by atoms with Crippen LogP contribution >= 0.6 is 0 Å². The first-order valence-corrected chi connectivity index (χ1v) is 8.29. The summed E-state index contributed by atoms with van der Waals surface area (Å²) in [7, 11) is 0. The normalized spacial score (nSPS) is 29.5. The molecule has 2 atom stereocenters. The van der Waals surface area contributed by atoms with Crippen molar-refractivity contribution in [2.24, 2.45) is 10.2 Å². The van der Waals surface area contributed by atoms with Crippen LogP contribution in [0.25, 0.3) is 0 Å². The summed E-state index contributed by atoms with van der Waals surface area (Å²) in [6, 6.07) is 0.0218. The van der Waals surface area contributed by atoms with Gasteiger partial charge in [-0.1, -0.05) is 0 Å². The van der Waals surface area contributed by atoms with E-state index in [0.717, 1.165) is 19.5 Å². The second-order valence-corrected chi connectivity index (χ2v) is 6.47. The lowest BCUT2D eigenvalue weighted by atomic mass is 10.0. The van der Waals surface area contributed by atoms with Gasteiger partial charge in [-0.15, -0.1) is 12.3 Å². The number of aliphatic hydroxyl groups is 1. The Kier molecular flexibility index (Phi) is 4.95. The SMILES string of the molecule is C#CCCC1(CCC(=O)N2C[C@@H](O)[C@H](N3CCOCC3)C2)N=N1. The number of rotatable bonds is 6. The molecule has 2 fully saturated rings. The molecule has 0 saturated carbocycles. The molecule has 0 bridgehead atoms. The number of morpholine rings is 1. The van der Waals surface area contributed by atoms with Crippen LogP contribution in [0.15, 0.2) is 10.2 Å². The van der Waals surface area contributed by atoms with Crippen LogP contribution in [0.3, 0.4) is 0 Å². The molecule has 0 aromatic heterocycles. The molecular weight excluding hydrogens is 296 g/mol. The number of hydrogen-bond acceptors (Lipinski definition) is 6. The molecule has 0 aromatic carbocycles. The first-order valence-electron chi connectivity index (χ1n) is 8.29. The summed E-state index contributed by atoms with van der Waals surface area (Å²) in [4.78, 5) is 16.4. The van der Waals surface area contributed by atoms with E-state index in [1.807, 2.05) is 0 Å². The summed E-state index contributed by atoms with van der Waals surface area (Å²) in [5, 5.41) is 18.4. The van der Waals surface area contributed by atoms with E-state index < -0.39 is 11.8 Å². The summed E-state index contributed by atoms with van der Waals surface area (Å²) in [6.45, 7) is 4.02. The zero-order valence-electron chi connectivity index (χ0n) is 13.4. The fraction of sp³-hybridized carbons (Fsp3) is 0.812. The van der Waals surface area contributed by atoms with Gasteiger partial charge < -0.3 is 14.7 Å². The summed E-state index contributed by atoms with van der Waals surface area (Å²) in [5.74, 6) is 2.66. The third-order valence-electron chi connectivity index (χ3n) is 4.92. The Labute approximate surface area is 136 Å². The molecule has 0 radical (unpaired) electrons. The first kappa shape index (κ1) is 16.4. The third kappa shape index (κ3) is 3.89. The van der Waals surface area contributed by atoms with Crippen LogP contribution in [0.5, 0.6) is 0 Å². The van der Waals surface area contributed by atoms with E-state index in [-0.39, 0.29) is 11.9 Å². The lowest BCUT2D eigenvalue weighted by molar-refractivity contribution is -0.130. The second kappa shape index (κ2) is 6.95. The summed E-state index contributed by atoms with van der Waals surface area (Å²) >= 11 is 0. The Morgan fingerprint density at radius 1 is 1.30 bits per heavy atom. The highest BCUT2D eigenvalue weighted by atomic mass is 16.5. The number of ether oxygens (including phenoxy) is 1. The largest absolute Gasteiger partial charge is 0.390 e. The van der Waals surface area contributed by atoms with Crippen molar-refractivity contribution in [3.05, 3.63) is 0 Å². The average Bonchev–Trinajstić information content (AvgIpc) is 3.25. The van der Waals surface area contributed by atoms with Crippen molar-refractivity contribution in [2.75, 3.05) is 39.4 Å². The standard InChI is InChI=1S/C16H24N4O3/c1-2-3-5-16(17-18-16)6-4-15(22)20-11-13(14(21)12-20)19-7-9-23-10-8-19/h1,13-14,21H,3-12H2/t13-,14-/m1/s1. The molecule has 0 aliphatic carbocycles. The Morgan fingerprint density at radius 2 is 2.04 bits per heavy atom. The topological polar surface area (TPSA) is 77.7 Å². The smallest absolute Gasteiger partial charge is 0.222 e. The number of terminal acetylenes is 1. The average molecular weight is 320 g/mol. The summed E-state index contributed by atoms with van der Waals surface area (Å²) < 4.78 is 5.35. The van der Waals surface area contributed by atoms with Gasteiger partial charge in [-0.25, -0.2) is 0 Å². The minimum atomic E-state index is -0.484. The molecule has 1 N–H and O–H groups in total. The molecule has 23 heavy (non-hydrogen) atoms. The lowest BCUT2D eigenvalue weighted by Gasteiger charge is -2.33. The highest BCUT2D eigenvalue weighted by Crippen LogP contribution is 2.37. The highest BCUT2D eigenvalue weighted by Gasteiger charge is 2.42. The second-order valence-electron chi connectivity index (χ2n) is 6.47. The van der Waals surface area contributed by atoms with Crippen LogP contribution in [-0.4, -0.2) is 78.0 Å². The summed E-state index contributed by atoms with van der Waals surface area (Å²) in [6.07, 6.45) is 7.15.